The SMILES string of the molecule is CCOC(=O)c1cnn2c(Cl)c(CCCl)c(C(C)C)nc12. The minimum Gasteiger partial charge on any atom is -0.462 e. The van der Waals surface area contributed by atoms with Gasteiger partial charge in [0.05, 0.1) is 18.5 Å². The Kier molecular flexibility index (Phi) is 5.06. The number of aromatic nitrogens is 3. The number of ether oxygens (including phenoxy) is 1. The normalized spacial score (nSPS) is 11.3. The number of rotatable bonds is 5. The number of nitrogens with zero attached hydrogens (tertiary/aromatic N) is 3. The summed E-state index contributed by atoms with van der Waals surface area (Å²) in [5.74, 6) is 0.157. The third kappa shape index (κ3) is 2.99. The molecule has 0 saturated carbocycles. The summed E-state index contributed by atoms with van der Waals surface area (Å²) in [5.41, 5.74) is 2.44. The molecule has 114 valence electrons. The molecule has 2 aromatic rings. The van der Waals surface area contributed by atoms with E-state index in [-0.39, 0.29) is 5.92 Å². The molecule has 0 radical (unpaired) electrons. The molecule has 0 bridgehead atoms. The third-order valence-electron chi connectivity index (χ3n) is 3.10. The van der Waals surface area contributed by atoms with Crippen LogP contribution in [0.2, 0.25) is 5.15 Å². The van der Waals surface area contributed by atoms with Gasteiger partial charge in [0.1, 0.15) is 10.7 Å². The van der Waals surface area contributed by atoms with Crippen molar-refractivity contribution in [3.63, 3.8) is 0 Å². The van der Waals surface area contributed by atoms with Crippen LogP contribution in [0, 0.1) is 0 Å². The van der Waals surface area contributed by atoms with Gasteiger partial charge in [0.25, 0.3) is 0 Å². The Morgan fingerprint density at radius 1 is 1.48 bits per heavy atom. The van der Waals surface area contributed by atoms with Crippen LogP contribution >= 0.6 is 23.2 Å². The maximum Gasteiger partial charge on any atom is 0.343 e. The van der Waals surface area contributed by atoms with Crippen molar-refractivity contribution >= 4 is 34.8 Å². The van der Waals surface area contributed by atoms with Crippen molar-refractivity contribution in [2.75, 3.05) is 12.5 Å². The highest BCUT2D eigenvalue weighted by Crippen LogP contribution is 2.27. The summed E-state index contributed by atoms with van der Waals surface area (Å²) < 4.78 is 6.48. The summed E-state index contributed by atoms with van der Waals surface area (Å²) in [6.45, 7) is 6.09. The second-order valence-electron chi connectivity index (χ2n) is 4.87. The van der Waals surface area contributed by atoms with E-state index in [9.17, 15) is 4.79 Å². The zero-order valence-electron chi connectivity index (χ0n) is 12.2. The molecule has 0 aliphatic heterocycles. The minimum atomic E-state index is -0.448. The molecule has 2 aromatic heterocycles. The first kappa shape index (κ1) is 16.0. The Morgan fingerprint density at radius 3 is 2.76 bits per heavy atom. The van der Waals surface area contributed by atoms with Crippen molar-refractivity contribution in [2.45, 2.75) is 33.1 Å². The molecule has 5 nitrogen and oxygen atoms in total. The van der Waals surface area contributed by atoms with Gasteiger partial charge in [-0.25, -0.2) is 14.3 Å². The summed E-state index contributed by atoms with van der Waals surface area (Å²) >= 11 is 12.3. The number of carbonyl (C=O) groups is 1. The predicted molar refractivity (Wildman–Crippen MR) is 82.5 cm³/mol. The largest absolute Gasteiger partial charge is 0.462 e. The number of halogens is 2. The topological polar surface area (TPSA) is 56.5 Å². The summed E-state index contributed by atoms with van der Waals surface area (Å²) in [6.07, 6.45) is 2.03. The highest BCUT2D eigenvalue weighted by atomic mass is 35.5. The van der Waals surface area contributed by atoms with E-state index in [1.54, 1.807) is 6.92 Å². The van der Waals surface area contributed by atoms with Crippen LogP contribution in [0.1, 0.15) is 48.3 Å². The maximum atomic E-state index is 11.9. The fraction of sp³-hybridized carbons (Fsp3) is 0.500. The summed E-state index contributed by atoms with van der Waals surface area (Å²) in [5, 5.41) is 4.59. The molecule has 21 heavy (non-hydrogen) atoms. The van der Waals surface area contributed by atoms with Gasteiger partial charge in [0, 0.05) is 11.4 Å². The maximum absolute atomic E-state index is 11.9. The molecule has 0 spiro atoms. The van der Waals surface area contributed by atoms with E-state index >= 15 is 0 Å². The molecule has 0 saturated heterocycles. The summed E-state index contributed by atoms with van der Waals surface area (Å²) in [6, 6.07) is 0. The average molecular weight is 330 g/mol. The Hall–Kier alpha value is -1.33. The third-order valence-corrected chi connectivity index (χ3v) is 3.68. The minimum absolute atomic E-state index is 0.163. The highest BCUT2D eigenvalue weighted by molar-refractivity contribution is 6.30. The van der Waals surface area contributed by atoms with Gasteiger partial charge < -0.3 is 4.74 Å². The molecule has 0 aliphatic rings. The van der Waals surface area contributed by atoms with Crippen molar-refractivity contribution in [3.05, 3.63) is 28.2 Å². The molecule has 0 aromatic carbocycles. The summed E-state index contributed by atoms with van der Waals surface area (Å²) in [7, 11) is 0. The van der Waals surface area contributed by atoms with E-state index in [1.165, 1.54) is 10.7 Å². The lowest BCUT2D eigenvalue weighted by Crippen LogP contribution is -2.10. The van der Waals surface area contributed by atoms with Crippen molar-refractivity contribution in [3.8, 4) is 0 Å². The Balaban J connectivity index is 2.67. The number of hydrogen-bond donors (Lipinski definition) is 0. The first-order chi connectivity index (χ1) is 10.0. The van der Waals surface area contributed by atoms with Crippen LogP contribution in [-0.4, -0.2) is 33.1 Å². The van der Waals surface area contributed by atoms with Gasteiger partial charge in [0.2, 0.25) is 0 Å². The van der Waals surface area contributed by atoms with E-state index < -0.39 is 5.97 Å². The van der Waals surface area contributed by atoms with Crippen LogP contribution in [0.25, 0.3) is 5.65 Å². The molecule has 0 atom stereocenters. The van der Waals surface area contributed by atoms with Gasteiger partial charge in [-0.05, 0) is 19.3 Å². The van der Waals surface area contributed by atoms with Crippen LogP contribution in [0.15, 0.2) is 6.20 Å². The molecule has 0 aliphatic carbocycles. The van der Waals surface area contributed by atoms with Crippen LogP contribution in [0.3, 0.4) is 0 Å². The first-order valence-corrected chi connectivity index (χ1v) is 7.71. The van der Waals surface area contributed by atoms with Gasteiger partial charge in [-0.15, -0.1) is 11.6 Å². The molecule has 0 amide bonds. The molecule has 7 heteroatoms. The molecule has 2 heterocycles. The lowest BCUT2D eigenvalue weighted by atomic mass is 10.0. The predicted octanol–water partition coefficient (Wildman–Crippen LogP) is 3.46. The summed E-state index contributed by atoms with van der Waals surface area (Å²) in [4.78, 5) is 16.5. The fourth-order valence-corrected chi connectivity index (χ4v) is 2.67. The molecule has 0 N–H and O–H groups in total. The monoisotopic (exact) mass is 329 g/mol. The molecule has 0 unspecified atom stereocenters. The second-order valence-corrected chi connectivity index (χ2v) is 5.61. The van der Waals surface area contributed by atoms with Crippen molar-refractivity contribution in [2.24, 2.45) is 0 Å². The lowest BCUT2D eigenvalue weighted by molar-refractivity contribution is 0.0528. The second kappa shape index (κ2) is 6.62. The zero-order valence-corrected chi connectivity index (χ0v) is 13.7. The lowest BCUT2D eigenvalue weighted by Gasteiger charge is -2.14. The smallest absolute Gasteiger partial charge is 0.343 e. The number of esters is 1. The Bertz CT molecular complexity index is 668. The van der Waals surface area contributed by atoms with Crippen LogP contribution in [0.5, 0.6) is 0 Å². The van der Waals surface area contributed by atoms with Crippen LogP contribution in [-0.2, 0) is 11.2 Å². The molecular formula is C14H17Cl2N3O2. The van der Waals surface area contributed by atoms with Gasteiger partial charge in [-0.1, -0.05) is 25.4 Å². The van der Waals surface area contributed by atoms with E-state index in [2.05, 4.69) is 10.1 Å². The van der Waals surface area contributed by atoms with Gasteiger partial charge in [-0.2, -0.15) is 5.10 Å². The Labute approximate surface area is 133 Å². The van der Waals surface area contributed by atoms with Crippen molar-refractivity contribution in [1.29, 1.82) is 0 Å². The number of fused-ring (bicyclic) bond motifs is 1. The average Bonchev–Trinajstić information content (AvgIpc) is 2.86. The standard InChI is InChI=1S/C14H17Cl2N3O2/c1-4-21-14(20)10-7-17-19-12(16)9(5-6-15)11(8(2)3)18-13(10)19/h7-8H,4-6H2,1-3H3. The van der Waals surface area contributed by atoms with E-state index in [1.807, 2.05) is 13.8 Å². The van der Waals surface area contributed by atoms with Gasteiger partial charge in [0.15, 0.2) is 5.65 Å². The van der Waals surface area contributed by atoms with E-state index in [4.69, 9.17) is 27.9 Å². The number of hydrogen-bond acceptors (Lipinski definition) is 4. The van der Waals surface area contributed by atoms with E-state index in [0.29, 0.717) is 35.3 Å². The molecule has 0 fully saturated rings. The van der Waals surface area contributed by atoms with Gasteiger partial charge in [-0.3, -0.25) is 0 Å². The molecular weight excluding hydrogens is 313 g/mol. The number of carbonyl (C=O) groups excluding carboxylic acids is 1. The number of alkyl halides is 1. The Morgan fingerprint density at radius 2 is 2.19 bits per heavy atom. The highest BCUT2D eigenvalue weighted by Gasteiger charge is 2.22. The van der Waals surface area contributed by atoms with E-state index in [0.717, 1.165) is 11.3 Å². The first-order valence-electron chi connectivity index (χ1n) is 6.80. The molecule has 2 rings (SSSR count). The zero-order chi connectivity index (χ0) is 15.6. The van der Waals surface area contributed by atoms with Crippen LogP contribution < -0.4 is 0 Å². The van der Waals surface area contributed by atoms with Gasteiger partial charge >= 0.3 is 5.97 Å². The quantitative estimate of drug-likeness (QED) is 0.479. The van der Waals surface area contributed by atoms with Crippen molar-refractivity contribution < 1.29 is 9.53 Å². The van der Waals surface area contributed by atoms with Crippen molar-refractivity contribution in [1.82, 2.24) is 14.6 Å². The fourth-order valence-electron chi connectivity index (χ4n) is 2.16. The van der Waals surface area contributed by atoms with Crippen LogP contribution in [0.4, 0.5) is 0 Å².